The standard InChI is InChI=1S/C9H6BrN3O/c10-7-3-1-6(2-4-7)8-5-11-9(14)13-12-8/h1-5H,(H,11,13,14). The van der Waals surface area contributed by atoms with Gasteiger partial charge in [0.15, 0.2) is 0 Å². The molecule has 2 aromatic rings. The number of halogens is 1. The van der Waals surface area contributed by atoms with Crippen LogP contribution in [0.3, 0.4) is 0 Å². The van der Waals surface area contributed by atoms with E-state index in [1.54, 1.807) is 0 Å². The smallest absolute Gasteiger partial charge is 0.244 e. The number of hydrogen-bond acceptors (Lipinski definition) is 3. The summed E-state index contributed by atoms with van der Waals surface area (Å²) >= 11 is 3.34. The normalized spacial score (nSPS) is 10.1. The van der Waals surface area contributed by atoms with Crippen LogP contribution in [0.1, 0.15) is 0 Å². The Bertz CT molecular complexity index is 472. The molecule has 0 aliphatic carbocycles. The van der Waals surface area contributed by atoms with Gasteiger partial charge in [-0.25, -0.2) is 9.89 Å². The van der Waals surface area contributed by atoms with Crippen molar-refractivity contribution in [3.8, 4) is 11.3 Å². The first kappa shape index (κ1) is 9.08. The second kappa shape index (κ2) is 3.71. The molecule has 1 aromatic carbocycles. The first-order valence-corrected chi connectivity index (χ1v) is 4.73. The summed E-state index contributed by atoms with van der Waals surface area (Å²) < 4.78 is 0.999. The number of rotatable bonds is 1. The predicted molar refractivity (Wildman–Crippen MR) is 55.8 cm³/mol. The summed E-state index contributed by atoms with van der Waals surface area (Å²) in [6, 6.07) is 7.60. The number of aromatic nitrogens is 3. The highest BCUT2D eigenvalue weighted by atomic mass is 79.9. The van der Waals surface area contributed by atoms with Crippen molar-refractivity contribution in [2.24, 2.45) is 0 Å². The molecule has 0 amide bonds. The van der Waals surface area contributed by atoms with Gasteiger partial charge in [0, 0.05) is 10.0 Å². The minimum atomic E-state index is -0.439. The molecule has 0 atom stereocenters. The highest BCUT2D eigenvalue weighted by Gasteiger charge is 1.98. The Hall–Kier alpha value is -1.49. The van der Waals surface area contributed by atoms with Crippen LogP contribution in [-0.2, 0) is 0 Å². The molecule has 0 aliphatic heterocycles. The van der Waals surface area contributed by atoms with Gasteiger partial charge in [0.05, 0.1) is 6.20 Å². The van der Waals surface area contributed by atoms with Crippen LogP contribution < -0.4 is 5.69 Å². The summed E-state index contributed by atoms with van der Waals surface area (Å²) in [5, 5.41) is 6.15. The third-order valence-electron chi connectivity index (χ3n) is 1.72. The minimum absolute atomic E-state index is 0.439. The SMILES string of the molecule is O=c1ncc(-c2ccc(Br)cc2)n[nH]1. The lowest BCUT2D eigenvalue weighted by atomic mass is 10.2. The largest absolute Gasteiger partial charge is 0.361 e. The average molecular weight is 252 g/mol. The van der Waals surface area contributed by atoms with E-state index in [-0.39, 0.29) is 0 Å². The maximum Gasteiger partial charge on any atom is 0.361 e. The lowest BCUT2D eigenvalue weighted by Crippen LogP contribution is -2.11. The second-order valence-corrected chi connectivity index (χ2v) is 3.59. The van der Waals surface area contributed by atoms with E-state index in [9.17, 15) is 4.79 Å². The van der Waals surface area contributed by atoms with Crippen molar-refractivity contribution in [3.63, 3.8) is 0 Å². The summed E-state index contributed by atoms with van der Waals surface area (Å²) in [6.45, 7) is 0. The number of H-pyrrole nitrogens is 1. The van der Waals surface area contributed by atoms with Gasteiger partial charge in [-0.05, 0) is 12.1 Å². The molecule has 5 heteroatoms. The van der Waals surface area contributed by atoms with Gasteiger partial charge < -0.3 is 0 Å². The van der Waals surface area contributed by atoms with Crippen molar-refractivity contribution in [1.82, 2.24) is 15.2 Å². The van der Waals surface area contributed by atoms with Gasteiger partial charge in [-0.1, -0.05) is 28.1 Å². The lowest BCUT2D eigenvalue weighted by Gasteiger charge is -1.98. The molecule has 0 fully saturated rings. The maximum atomic E-state index is 10.7. The maximum absolute atomic E-state index is 10.7. The fourth-order valence-electron chi connectivity index (χ4n) is 1.05. The van der Waals surface area contributed by atoms with Crippen LogP contribution >= 0.6 is 15.9 Å². The molecule has 0 unspecified atom stereocenters. The third-order valence-corrected chi connectivity index (χ3v) is 2.24. The van der Waals surface area contributed by atoms with Crippen molar-refractivity contribution in [1.29, 1.82) is 0 Å². The van der Waals surface area contributed by atoms with Crippen LogP contribution in [0, 0.1) is 0 Å². The monoisotopic (exact) mass is 251 g/mol. The molecule has 1 aromatic heterocycles. The van der Waals surface area contributed by atoms with E-state index >= 15 is 0 Å². The Morgan fingerprint density at radius 2 is 1.93 bits per heavy atom. The summed E-state index contributed by atoms with van der Waals surface area (Å²) in [5.74, 6) is 0. The van der Waals surface area contributed by atoms with E-state index < -0.39 is 5.69 Å². The van der Waals surface area contributed by atoms with E-state index in [1.165, 1.54) is 6.20 Å². The van der Waals surface area contributed by atoms with Crippen molar-refractivity contribution >= 4 is 15.9 Å². The summed E-state index contributed by atoms with van der Waals surface area (Å²) in [6.07, 6.45) is 1.45. The predicted octanol–water partition coefficient (Wildman–Crippen LogP) is 1.59. The second-order valence-electron chi connectivity index (χ2n) is 2.68. The number of hydrogen-bond donors (Lipinski definition) is 1. The topological polar surface area (TPSA) is 58.6 Å². The van der Waals surface area contributed by atoms with E-state index in [1.807, 2.05) is 24.3 Å². The van der Waals surface area contributed by atoms with Crippen LogP contribution in [0.4, 0.5) is 0 Å². The molecule has 0 aliphatic rings. The van der Waals surface area contributed by atoms with Gasteiger partial charge in [0.2, 0.25) is 0 Å². The summed E-state index contributed by atoms with van der Waals surface area (Å²) in [5.41, 5.74) is 1.12. The minimum Gasteiger partial charge on any atom is -0.244 e. The van der Waals surface area contributed by atoms with Gasteiger partial charge >= 0.3 is 5.69 Å². The van der Waals surface area contributed by atoms with E-state index in [0.717, 1.165) is 10.0 Å². The van der Waals surface area contributed by atoms with E-state index in [0.29, 0.717) is 5.69 Å². The Balaban J connectivity index is 2.44. The molecule has 0 radical (unpaired) electrons. The Labute approximate surface area is 88.1 Å². The summed E-state index contributed by atoms with van der Waals surface area (Å²) in [4.78, 5) is 14.3. The van der Waals surface area contributed by atoms with Gasteiger partial charge in [-0.15, -0.1) is 0 Å². The molecule has 14 heavy (non-hydrogen) atoms. The van der Waals surface area contributed by atoms with Crippen molar-refractivity contribution in [2.45, 2.75) is 0 Å². The highest BCUT2D eigenvalue weighted by molar-refractivity contribution is 9.10. The zero-order chi connectivity index (χ0) is 9.97. The van der Waals surface area contributed by atoms with Gasteiger partial charge in [0.1, 0.15) is 5.69 Å². The molecule has 0 spiro atoms. The van der Waals surface area contributed by atoms with Gasteiger partial charge in [0.25, 0.3) is 0 Å². The van der Waals surface area contributed by atoms with E-state index in [4.69, 9.17) is 0 Å². The molecule has 0 saturated heterocycles. The lowest BCUT2D eigenvalue weighted by molar-refractivity contribution is 0.920. The molecule has 0 saturated carbocycles. The Kier molecular flexibility index (Phi) is 2.41. The quantitative estimate of drug-likeness (QED) is 0.838. The molecule has 1 N–H and O–H groups in total. The van der Waals surface area contributed by atoms with Gasteiger partial charge in [-0.3, -0.25) is 0 Å². The van der Waals surface area contributed by atoms with Crippen LogP contribution in [-0.4, -0.2) is 15.2 Å². The van der Waals surface area contributed by atoms with Crippen molar-refractivity contribution in [3.05, 3.63) is 45.4 Å². The zero-order valence-electron chi connectivity index (χ0n) is 7.07. The zero-order valence-corrected chi connectivity index (χ0v) is 8.65. The molecule has 2 rings (SSSR count). The molecule has 1 heterocycles. The van der Waals surface area contributed by atoms with Crippen LogP contribution in [0.2, 0.25) is 0 Å². The number of aromatic amines is 1. The molecule has 0 bridgehead atoms. The van der Waals surface area contributed by atoms with Gasteiger partial charge in [-0.2, -0.15) is 10.1 Å². The fraction of sp³-hybridized carbons (Fsp3) is 0. The average Bonchev–Trinajstić information content (AvgIpc) is 2.21. The Morgan fingerprint density at radius 1 is 1.21 bits per heavy atom. The van der Waals surface area contributed by atoms with Crippen LogP contribution in [0.25, 0.3) is 11.3 Å². The molecular formula is C9H6BrN3O. The first-order valence-electron chi connectivity index (χ1n) is 3.93. The number of nitrogens with zero attached hydrogens (tertiary/aromatic N) is 2. The van der Waals surface area contributed by atoms with Crippen LogP contribution in [0.5, 0.6) is 0 Å². The number of nitrogens with one attached hydrogen (secondary N) is 1. The van der Waals surface area contributed by atoms with Crippen molar-refractivity contribution < 1.29 is 0 Å². The summed E-state index contributed by atoms with van der Waals surface area (Å²) in [7, 11) is 0. The van der Waals surface area contributed by atoms with Crippen molar-refractivity contribution in [2.75, 3.05) is 0 Å². The third kappa shape index (κ3) is 1.88. The molecular weight excluding hydrogens is 246 g/mol. The molecule has 70 valence electrons. The highest BCUT2D eigenvalue weighted by Crippen LogP contribution is 2.17. The van der Waals surface area contributed by atoms with Crippen LogP contribution in [0.15, 0.2) is 39.7 Å². The fourth-order valence-corrected chi connectivity index (χ4v) is 1.31. The molecule has 4 nitrogen and oxygen atoms in total. The van der Waals surface area contributed by atoms with E-state index in [2.05, 4.69) is 31.1 Å². The number of benzene rings is 1. The first-order chi connectivity index (χ1) is 6.75. The Morgan fingerprint density at radius 3 is 2.50 bits per heavy atom.